The molecule has 0 saturated carbocycles. The van der Waals surface area contributed by atoms with Crippen LogP contribution in [0.5, 0.6) is 11.5 Å². The summed E-state index contributed by atoms with van der Waals surface area (Å²) in [7, 11) is 0. The lowest BCUT2D eigenvalue weighted by atomic mass is 10.1. The lowest BCUT2D eigenvalue weighted by Crippen LogP contribution is -2.41. The van der Waals surface area contributed by atoms with Crippen LogP contribution in [0.3, 0.4) is 0 Å². The number of hydrogen-bond donors (Lipinski definition) is 0. The molecule has 0 radical (unpaired) electrons. The first-order valence-corrected chi connectivity index (χ1v) is 8.77. The highest BCUT2D eigenvalue weighted by atomic mass is 19.4. The second-order valence-corrected chi connectivity index (χ2v) is 6.79. The quantitative estimate of drug-likeness (QED) is 0.405. The first kappa shape index (κ1) is 21.2. The fraction of sp³-hybridized carbons (Fsp3) is 0.238. The number of esters is 2. The third-order valence-corrected chi connectivity index (χ3v) is 3.84. The molecule has 0 spiro atoms. The number of rotatable bonds is 5. The van der Waals surface area contributed by atoms with Crippen molar-refractivity contribution < 1.29 is 41.7 Å². The van der Waals surface area contributed by atoms with E-state index in [9.17, 15) is 22.8 Å². The summed E-state index contributed by atoms with van der Waals surface area (Å²) in [6.45, 7) is 3.02. The molecular formula is C21H17F3O6. The maximum Gasteiger partial charge on any atom is 0.573 e. The summed E-state index contributed by atoms with van der Waals surface area (Å²) >= 11 is 0. The smallest absolute Gasteiger partial charge is 0.489 e. The Morgan fingerprint density at radius 3 is 2.17 bits per heavy atom. The molecule has 1 aliphatic heterocycles. The largest absolute Gasteiger partial charge is 0.573 e. The number of benzene rings is 2. The molecule has 0 aliphatic carbocycles. The van der Waals surface area contributed by atoms with Gasteiger partial charge in [-0.15, -0.1) is 13.2 Å². The van der Waals surface area contributed by atoms with Crippen LogP contribution in [0.15, 0.2) is 54.1 Å². The fourth-order valence-electron chi connectivity index (χ4n) is 2.62. The van der Waals surface area contributed by atoms with E-state index in [1.807, 2.05) is 0 Å². The van der Waals surface area contributed by atoms with Crippen molar-refractivity contribution in [2.24, 2.45) is 0 Å². The van der Waals surface area contributed by atoms with E-state index in [0.29, 0.717) is 16.9 Å². The summed E-state index contributed by atoms with van der Waals surface area (Å²) < 4.78 is 56.0. The molecule has 2 aromatic rings. The van der Waals surface area contributed by atoms with Gasteiger partial charge in [-0.05, 0) is 47.5 Å². The number of carbonyl (C=O) groups is 2. The van der Waals surface area contributed by atoms with Crippen molar-refractivity contribution in [1.29, 1.82) is 0 Å². The van der Waals surface area contributed by atoms with Gasteiger partial charge in [0, 0.05) is 13.8 Å². The van der Waals surface area contributed by atoms with E-state index in [1.54, 1.807) is 24.3 Å². The minimum Gasteiger partial charge on any atom is -0.489 e. The molecule has 1 fully saturated rings. The molecule has 30 heavy (non-hydrogen) atoms. The normalized spacial score (nSPS) is 15.8. The van der Waals surface area contributed by atoms with Crippen LogP contribution in [0, 0.1) is 0 Å². The number of ether oxygens (including phenoxy) is 4. The molecule has 1 saturated heterocycles. The van der Waals surface area contributed by atoms with Crippen molar-refractivity contribution >= 4 is 18.0 Å². The fourth-order valence-corrected chi connectivity index (χ4v) is 2.62. The van der Waals surface area contributed by atoms with Gasteiger partial charge in [0.15, 0.2) is 0 Å². The van der Waals surface area contributed by atoms with Crippen molar-refractivity contribution in [3.63, 3.8) is 0 Å². The summed E-state index contributed by atoms with van der Waals surface area (Å²) in [5.74, 6) is -2.88. The summed E-state index contributed by atoms with van der Waals surface area (Å²) in [6.07, 6.45) is -3.41. The van der Waals surface area contributed by atoms with Crippen molar-refractivity contribution in [2.45, 2.75) is 32.6 Å². The Morgan fingerprint density at radius 2 is 1.57 bits per heavy atom. The third kappa shape index (κ3) is 5.76. The van der Waals surface area contributed by atoms with Crippen LogP contribution < -0.4 is 9.47 Å². The number of carbonyl (C=O) groups excluding carboxylic acids is 2. The first-order valence-electron chi connectivity index (χ1n) is 8.77. The Balaban J connectivity index is 1.66. The Morgan fingerprint density at radius 1 is 0.967 bits per heavy atom. The summed E-state index contributed by atoms with van der Waals surface area (Å²) in [4.78, 5) is 24.1. The van der Waals surface area contributed by atoms with Crippen LogP contribution in [0.4, 0.5) is 13.2 Å². The van der Waals surface area contributed by atoms with Gasteiger partial charge in [0.25, 0.3) is 5.79 Å². The second-order valence-electron chi connectivity index (χ2n) is 6.79. The van der Waals surface area contributed by atoms with Crippen LogP contribution >= 0.6 is 0 Å². The first-order chi connectivity index (χ1) is 14.0. The average Bonchev–Trinajstić information content (AvgIpc) is 2.62. The van der Waals surface area contributed by atoms with Crippen LogP contribution in [0.1, 0.15) is 25.0 Å². The molecule has 2 aromatic carbocycles. The predicted molar refractivity (Wildman–Crippen MR) is 98.1 cm³/mol. The monoisotopic (exact) mass is 422 g/mol. The van der Waals surface area contributed by atoms with Gasteiger partial charge in [-0.1, -0.05) is 18.2 Å². The lowest BCUT2D eigenvalue weighted by molar-refractivity contribution is -0.274. The van der Waals surface area contributed by atoms with Crippen LogP contribution in [-0.4, -0.2) is 24.1 Å². The SMILES string of the molecule is CC1(C)OC(=O)C(=Cc2cccc(COc3ccc(OC(F)(F)F)cc3)c2)C(=O)O1. The molecule has 158 valence electrons. The Kier molecular flexibility index (Phi) is 5.73. The van der Waals surface area contributed by atoms with Crippen molar-refractivity contribution in [3.8, 4) is 11.5 Å². The number of cyclic esters (lactones) is 2. The highest BCUT2D eigenvalue weighted by Crippen LogP contribution is 2.26. The van der Waals surface area contributed by atoms with E-state index in [1.165, 1.54) is 32.1 Å². The van der Waals surface area contributed by atoms with Crippen molar-refractivity contribution in [3.05, 3.63) is 65.2 Å². The highest BCUT2D eigenvalue weighted by molar-refractivity contribution is 6.18. The van der Waals surface area contributed by atoms with Gasteiger partial charge in [-0.25, -0.2) is 9.59 Å². The summed E-state index contributed by atoms with van der Waals surface area (Å²) in [6, 6.07) is 11.8. The Bertz CT molecular complexity index is 955. The molecule has 0 bridgehead atoms. The van der Waals surface area contributed by atoms with Gasteiger partial charge in [-0.2, -0.15) is 0 Å². The van der Waals surface area contributed by atoms with E-state index in [0.717, 1.165) is 12.1 Å². The average molecular weight is 422 g/mol. The maximum atomic E-state index is 12.2. The number of hydrogen-bond acceptors (Lipinski definition) is 6. The van der Waals surface area contributed by atoms with Gasteiger partial charge in [0.2, 0.25) is 0 Å². The van der Waals surface area contributed by atoms with Crippen LogP contribution in [0.25, 0.3) is 6.08 Å². The zero-order chi connectivity index (χ0) is 21.9. The Labute approximate surface area is 169 Å². The van der Waals surface area contributed by atoms with Gasteiger partial charge >= 0.3 is 18.3 Å². The highest BCUT2D eigenvalue weighted by Gasteiger charge is 2.38. The van der Waals surface area contributed by atoms with E-state index >= 15 is 0 Å². The zero-order valence-corrected chi connectivity index (χ0v) is 16.0. The third-order valence-electron chi connectivity index (χ3n) is 3.84. The molecule has 1 heterocycles. The van der Waals surface area contributed by atoms with Gasteiger partial charge in [0.05, 0.1) is 0 Å². The molecule has 9 heteroatoms. The second kappa shape index (κ2) is 8.10. The minimum absolute atomic E-state index is 0.110. The number of halogens is 3. The molecule has 3 rings (SSSR count). The molecule has 0 atom stereocenters. The molecule has 6 nitrogen and oxygen atoms in total. The Hall–Kier alpha value is -3.49. The van der Waals surface area contributed by atoms with E-state index in [4.69, 9.17) is 14.2 Å². The van der Waals surface area contributed by atoms with E-state index in [2.05, 4.69) is 4.74 Å². The van der Waals surface area contributed by atoms with Crippen molar-refractivity contribution in [1.82, 2.24) is 0 Å². The maximum absolute atomic E-state index is 12.2. The van der Waals surface area contributed by atoms with Crippen LogP contribution in [-0.2, 0) is 25.7 Å². The van der Waals surface area contributed by atoms with Crippen LogP contribution in [0.2, 0.25) is 0 Å². The molecule has 0 amide bonds. The van der Waals surface area contributed by atoms with Gasteiger partial charge in [0.1, 0.15) is 23.7 Å². The van der Waals surface area contributed by atoms with Crippen molar-refractivity contribution in [2.75, 3.05) is 0 Å². The molecular weight excluding hydrogens is 405 g/mol. The van der Waals surface area contributed by atoms with E-state index in [-0.39, 0.29) is 17.9 Å². The van der Waals surface area contributed by atoms with E-state index < -0.39 is 24.1 Å². The topological polar surface area (TPSA) is 71.1 Å². The lowest BCUT2D eigenvalue weighted by Gasteiger charge is -2.29. The van der Waals surface area contributed by atoms with Gasteiger partial charge < -0.3 is 18.9 Å². The summed E-state index contributed by atoms with van der Waals surface area (Å²) in [5, 5.41) is 0. The molecule has 0 aromatic heterocycles. The molecule has 0 N–H and O–H groups in total. The molecule has 1 aliphatic rings. The summed E-state index contributed by atoms with van der Waals surface area (Å²) in [5.41, 5.74) is 1.03. The minimum atomic E-state index is -4.76. The molecule has 0 unspecified atom stereocenters. The van der Waals surface area contributed by atoms with Gasteiger partial charge in [-0.3, -0.25) is 0 Å². The standard InChI is InChI=1S/C21H17F3O6/c1-20(2)29-18(25)17(19(26)30-20)11-13-4-3-5-14(10-13)12-27-15-6-8-16(9-7-15)28-21(22,23)24/h3-11H,12H2,1-2H3. The number of alkyl halides is 3. The zero-order valence-electron chi connectivity index (χ0n) is 16.0. The predicted octanol–water partition coefficient (Wildman–Crippen LogP) is 4.38.